The van der Waals surface area contributed by atoms with Crippen molar-refractivity contribution < 1.29 is 14.6 Å². The maximum absolute atomic E-state index is 12.1. The van der Waals surface area contributed by atoms with Crippen molar-refractivity contribution in [2.45, 2.75) is 56.8 Å². The number of benzene rings is 2. The second kappa shape index (κ2) is 12.7. The zero-order valence-electron chi connectivity index (χ0n) is 23.7. The molecular formula is C34H36ClNO3S2. The van der Waals surface area contributed by atoms with Crippen LogP contribution in [0.15, 0.2) is 66.0 Å². The number of aliphatic hydroxyl groups is 1. The molecule has 2 aromatic heterocycles. The lowest BCUT2D eigenvalue weighted by Crippen LogP contribution is -2.18. The van der Waals surface area contributed by atoms with Crippen molar-refractivity contribution in [1.82, 2.24) is 4.98 Å². The molecule has 1 fully saturated rings. The van der Waals surface area contributed by atoms with Gasteiger partial charge < -0.3 is 9.84 Å². The minimum atomic E-state index is -0.896. The Balaban J connectivity index is 1.37. The number of aromatic nitrogens is 1. The minimum Gasteiger partial charge on any atom is -0.469 e. The number of hydrogen-bond donors (Lipinski definition) is 1. The molecule has 1 saturated carbocycles. The summed E-state index contributed by atoms with van der Waals surface area (Å²) in [6, 6.07) is 20.9. The zero-order chi connectivity index (χ0) is 29.0. The van der Waals surface area contributed by atoms with Gasteiger partial charge in [0, 0.05) is 16.4 Å². The normalized spacial score (nSPS) is 15.3. The fourth-order valence-corrected chi connectivity index (χ4v) is 7.87. The fourth-order valence-electron chi connectivity index (χ4n) is 5.21. The monoisotopic (exact) mass is 605 g/mol. The van der Waals surface area contributed by atoms with E-state index in [9.17, 15) is 9.90 Å². The van der Waals surface area contributed by atoms with Gasteiger partial charge in [0.05, 0.1) is 34.5 Å². The Morgan fingerprint density at radius 3 is 2.73 bits per heavy atom. The fraction of sp³-hybridized carbons (Fsp3) is 0.353. The summed E-state index contributed by atoms with van der Waals surface area (Å²) >= 11 is 9.85. The van der Waals surface area contributed by atoms with E-state index in [4.69, 9.17) is 21.3 Å². The van der Waals surface area contributed by atoms with Gasteiger partial charge in [-0.25, -0.2) is 4.98 Å². The number of carbonyl (C=O) groups is 1. The number of thioether (sulfide) groups is 1. The molecule has 1 N–H and O–H groups in total. The smallest absolute Gasteiger partial charge is 0.306 e. The Kier molecular flexibility index (Phi) is 9.24. The number of methoxy groups -OCH3 is 1. The van der Waals surface area contributed by atoms with Gasteiger partial charge in [0.15, 0.2) is 0 Å². The maximum atomic E-state index is 12.1. The molecule has 0 unspecified atom stereocenters. The third-order valence-corrected chi connectivity index (χ3v) is 10.8. The molecule has 4 aromatic rings. The highest BCUT2D eigenvalue weighted by Gasteiger charge is 2.45. The first-order valence-electron chi connectivity index (χ1n) is 14.0. The van der Waals surface area contributed by atoms with Crippen molar-refractivity contribution in [3.63, 3.8) is 0 Å². The quantitative estimate of drug-likeness (QED) is 0.163. The molecule has 0 amide bonds. The second-order valence-electron chi connectivity index (χ2n) is 11.5. The average molecular weight is 606 g/mol. The van der Waals surface area contributed by atoms with Gasteiger partial charge in [0.25, 0.3) is 0 Å². The van der Waals surface area contributed by atoms with E-state index in [0.29, 0.717) is 11.4 Å². The first-order chi connectivity index (χ1) is 19.7. The summed E-state index contributed by atoms with van der Waals surface area (Å²) in [5.74, 6) is 0.798. The molecule has 5 rings (SSSR count). The maximum Gasteiger partial charge on any atom is 0.306 e. The van der Waals surface area contributed by atoms with Crippen LogP contribution >= 0.6 is 34.7 Å². The lowest BCUT2D eigenvalue weighted by Gasteiger charge is -2.24. The van der Waals surface area contributed by atoms with Gasteiger partial charge in [-0.3, -0.25) is 4.79 Å². The number of pyridine rings is 1. The third-order valence-electron chi connectivity index (χ3n) is 7.77. The molecule has 4 nitrogen and oxygen atoms in total. The number of ether oxygens (including phenoxy) is 1. The molecule has 2 heterocycles. The van der Waals surface area contributed by atoms with Gasteiger partial charge in [0.2, 0.25) is 0 Å². The summed E-state index contributed by atoms with van der Waals surface area (Å²) in [7, 11) is 1.47. The SMILES string of the molecule is COC(=O)CC1(CS[C@H](CCc2ccccc2C(C)(C)O)c2cccc(C=Cc3ccc4scc(Cl)c4n3)c2)CC1. The van der Waals surface area contributed by atoms with Gasteiger partial charge in [-0.15, -0.1) is 11.3 Å². The molecule has 0 bridgehead atoms. The van der Waals surface area contributed by atoms with Crippen molar-refractivity contribution in [3.8, 4) is 0 Å². The Morgan fingerprint density at radius 2 is 1.98 bits per heavy atom. The summed E-state index contributed by atoms with van der Waals surface area (Å²) in [5.41, 5.74) is 5.38. The summed E-state index contributed by atoms with van der Waals surface area (Å²) in [4.78, 5) is 16.8. The molecule has 1 aliphatic carbocycles. The van der Waals surface area contributed by atoms with Gasteiger partial charge in [-0.1, -0.05) is 66.2 Å². The highest BCUT2D eigenvalue weighted by atomic mass is 35.5. The lowest BCUT2D eigenvalue weighted by molar-refractivity contribution is -0.141. The summed E-state index contributed by atoms with van der Waals surface area (Å²) < 4.78 is 6.07. The van der Waals surface area contributed by atoms with E-state index < -0.39 is 5.60 Å². The van der Waals surface area contributed by atoms with Crippen molar-refractivity contribution >= 4 is 63.0 Å². The van der Waals surface area contributed by atoms with E-state index in [-0.39, 0.29) is 16.6 Å². The Labute approximate surface area is 255 Å². The number of rotatable bonds is 12. The first-order valence-corrected chi connectivity index (χ1v) is 16.3. The predicted molar refractivity (Wildman–Crippen MR) is 174 cm³/mol. The average Bonchev–Trinajstić information content (AvgIpc) is 3.63. The van der Waals surface area contributed by atoms with E-state index in [1.165, 1.54) is 18.2 Å². The summed E-state index contributed by atoms with van der Waals surface area (Å²) in [5, 5.41) is 13.6. The number of aryl methyl sites for hydroxylation is 1. The molecule has 41 heavy (non-hydrogen) atoms. The van der Waals surface area contributed by atoms with Crippen molar-refractivity contribution in [2.24, 2.45) is 5.41 Å². The number of thiophene rings is 1. The van der Waals surface area contributed by atoms with E-state index >= 15 is 0 Å². The molecule has 2 aromatic carbocycles. The topological polar surface area (TPSA) is 59.4 Å². The number of halogens is 1. The van der Waals surface area contributed by atoms with Gasteiger partial charge in [-0.05, 0) is 85.4 Å². The number of hydrogen-bond acceptors (Lipinski definition) is 6. The molecule has 0 spiro atoms. The number of esters is 1. The van der Waals surface area contributed by atoms with Crippen LogP contribution in [0, 0.1) is 5.41 Å². The van der Waals surface area contributed by atoms with Crippen molar-refractivity contribution in [3.05, 3.63) is 99.0 Å². The molecule has 214 valence electrons. The van der Waals surface area contributed by atoms with Crippen molar-refractivity contribution in [1.29, 1.82) is 0 Å². The molecule has 1 atom stereocenters. The van der Waals surface area contributed by atoms with Crippen LogP contribution in [0.1, 0.15) is 72.7 Å². The molecule has 0 saturated heterocycles. The second-order valence-corrected chi connectivity index (χ2v) is 14.0. The number of fused-ring (bicyclic) bond motifs is 1. The van der Waals surface area contributed by atoms with Crippen LogP contribution in [-0.2, 0) is 21.6 Å². The van der Waals surface area contributed by atoms with E-state index in [2.05, 4.69) is 42.5 Å². The number of carbonyl (C=O) groups excluding carboxylic acids is 1. The molecule has 1 aliphatic rings. The minimum absolute atomic E-state index is 0.0474. The molecule has 7 heteroatoms. The van der Waals surface area contributed by atoms with Crippen LogP contribution in [-0.4, -0.2) is 28.9 Å². The Morgan fingerprint density at radius 1 is 1.17 bits per heavy atom. The highest BCUT2D eigenvalue weighted by molar-refractivity contribution is 7.99. The Hall–Kier alpha value is -2.64. The standard InChI is InChI=1S/C34H36ClNO3S2/c1-33(2,38)27-10-5-4-8-24(27)12-15-29(41-22-34(17-18-34)20-31(37)39-3)25-9-6-7-23(19-25)11-13-26-14-16-30-32(36-26)28(35)21-40-30/h4-11,13-14,16,19,21,29,38H,12,15,17-18,20,22H2,1-3H3/t29-/m1/s1. The van der Waals surface area contributed by atoms with Crippen molar-refractivity contribution in [2.75, 3.05) is 12.9 Å². The van der Waals surface area contributed by atoms with Crippen LogP contribution in [0.2, 0.25) is 5.02 Å². The van der Waals surface area contributed by atoms with Crippen LogP contribution in [0.3, 0.4) is 0 Å². The van der Waals surface area contributed by atoms with Gasteiger partial charge >= 0.3 is 5.97 Å². The van der Waals surface area contributed by atoms with Gasteiger partial charge in [-0.2, -0.15) is 11.8 Å². The van der Waals surface area contributed by atoms with E-state index in [1.54, 1.807) is 11.3 Å². The van der Waals surface area contributed by atoms with E-state index in [1.807, 2.05) is 61.3 Å². The van der Waals surface area contributed by atoms with Crippen LogP contribution in [0.5, 0.6) is 0 Å². The third kappa shape index (κ3) is 7.61. The first kappa shape index (κ1) is 29.8. The number of nitrogens with zero attached hydrogens (tertiary/aromatic N) is 1. The molecular weight excluding hydrogens is 570 g/mol. The lowest BCUT2D eigenvalue weighted by atomic mass is 9.90. The zero-order valence-corrected chi connectivity index (χ0v) is 26.1. The highest BCUT2D eigenvalue weighted by Crippen LogP contribution is 2.53. The largest absolute Gasteiger partial charge is 0.469 e. The van der Waals surface area contributed by atoms with E-state index in [0.717, 1.165) is 58.5 Å². The van der Waals surface area contributed by atoms with Crippen LogP contribution in [0.25, 0.3) is 22.4 Å². The predicted octanol–water partition coefficient (Wildman–Crippen LogP) is 9.10. The Bertz CT molecular complexity index is 1550. The van der Waals surface area contributed by atoms with Gasteiger partial charge in [0.1, 0.15) is 5.52 Å². The summed E-state index contributed by atoms with van der Waals surface area (Å²) in [6.45, 7) is 3.69. The molecule has 0 aliphatic heterocycles. The van der Waals surface area contributed by atoms with Crippen LogP contribution < -0.4 is 0 Å². The van der Waals surface area contributed by atoms with Crippen LogP contribution in [0.4, 0.5) is 0 Å². The molecule has 0 radical (unpaired) electrons. The summed E-state index contributed by atoms with van der Waals surface area (Å²) in [6.07, 6.45) is 8.53.